The average Bonchev–Trinajstić information content (AvgIpc) is 2.49. The van der Waals surface area contributed by atoms with Gasteiger partial charge in [0.05, 0.1) is 24.8 Å². The van der Waals surface area contributed by atoms with E-state index in [0.717, 1.165) is 6.54 Å². The van der Waals surface area contributed by atoms with Crippen molar-refractivity contribution in [3.63, 3.8) is 0 Å². The summed E-state index contributed by atoms with van der Waals surface area (Å²) in [6, 6.07) is 7.39. The number of morpholine rings is 1. The molecule has 2 N–H and O–H groups in total. The minimum atomic E-state index is -0.149. The van der Waals surface area contributed by atoms with Crippen molar-refractivity contribution in [3.8, 4) is 5.75 Å². The number of ether oxygens (including phenoxy) is 2. The minimum Gasteiger partial charge on any atom is -0.487 e. The number of hydrogen-bond donors (Lipinski definition) is 2. The molecule has 5 nitrogen and oxygen atoms in total. The van der Waals surface area contributed by atoms with Crippen LogP contribution in [0.3, 0.4) is 0 Å². The van der Waals surface area contributed by atoms with Crippen LogP contribution in [0, 0.1) is 0 Å². The summed E-state index contributed by atoms with van der Waals surface area (Å²) in [6.45, 7) is 4.42. The zero-order valence-corrected chi connectivity index (χ0v) is 12.9. The van der Waals surface area contributed by atoms with Gasteiger partial charge in [-0.2, -0.15) is 0 Å². The van der Waals surface area contributed by atoms with Gasteiger partial charge in [-0.3, -0.25) is 4.79 Å². The molecule has 0 aromatic heterocycles. The molecule has 116 valence electrons. The maximum Gasteiger partial charge on any atom is 0.221 e. The van der Waals surface area contributed by atoms with E-state index in [2.05, 4.69) is 10.6 Å². The second-order valence-electron chi connectivity index (χ2n) is 5.09. The normalized spacial score (nSPS) is 19.8. The standard InChI is InChI=1S/C15H21ClN2O3/c1-11(21-14-5-3-2-4-13(14)16)9-18-15(19)8-12-10-20-7-6-17-12/h2-5,11-12,17H,6-10H2,1H3,(H,18,19). The molecule has 0 radical (unpaired) electrons. The van der Waals surface area contributed by atoms with Crippen molar-refractivity contribution >= 4 is 17.5 Å². The lowest BCUT2D eigenvalue weighted by Crippen LogP contribution is -2.45. The van der Waals surface area contributed by atoms with Crippen molar-refractivity contribution < 1.29 is 14.3 Å². The second kappa shape index (κ2) is 8.22. The lowest BCUT2D eigenvalue weighted by atomic mass is 10.2. The van der Waals surface area contributed by atoms with Crippen LogP contribution in [0.1, 0.15) is 13.3 Å². The Balaban J connectivity index is 1.69. The first-order chi connectivity index (χ1) is 10.1. The third kappa shape index (κ3) is 5.53. The van der Waals surface area contributed by atoms with E-state index in [1.807, 2.05) is 25.1 Å². The highest BCUT2D eigenvalue weighted by Gasteiger charge is 2.17. The molecule has 6 heteroatoms. The van der Waals surface area contributed by atoms with Crippen molar-refractivity contribution in [2.45, 2.75) is 25.5 Å². The van der Waals surface area contributed by atoms with Gasteiger partial charge < -0.3 is 20.1 Å². The molecule has 21 heavy (non-hydrogen) atoms. The number of carbonyl (C=O) groups is 1. The lowest BCUT2D eigenvalue weighted by Gasteiger charge is -2.23. The number of hydrogen-bond acceptors (Lipinski definition) is 4. The van der Waals surface area contributed by atoms with Crippen LogP contribution in [0.25, 0.3) is 0 Å². The van der Waals surface area contributed by atoms with Gasteiger partial charge >= 0.3 is 0 Å². The monoisotopic (exact) mass is 312 g/mol. The molecule has 2 unspecified atom stereocenters. The van der Waals surface area contributed by atoms with E-state index in [9.17, 15) is 4.79 Å². The van der Waals surface area contributed by atoms with Crippen molar-refractivity contribution in [2.75, 3.05) is 26.3 Å². The Morgan fingerprint density at radius 2 is 2.38 bits per heavy atom. The number of halogens is 1. The Kier molecular flexibility index (Phi) is 6.29. The van der Waals surface area contributed by atoms with Crippen molar-refractivity contribution in [1.82, 2.24) is 10.6 Å². The smallest absolute Gasteiger partial charge is 0.221 e. The van der Waals surface area contributed by atoms with Gasteiger partial charge in [-0.25, -0.2) is 0 Å². The molecule has 1 aromatic rings. The van der Waals surface area contributed by atoms with E-state index in [1.54, 1.807) is 6.07 Å². The van der Waals surface area contributed by atoms with Crippen LogP contribution in [0.2, 0.25) is 5.02 Å². The van der Waals surface area contributed by atoms with Crippen LogP contribution in [-0.2, 0) is 9.53 Å². The number of para-hydroxylation sites is 1. The largest absolute Gasteiger partial charge is 0.487 e. The first-order valence-electron chi connectivity index (χ1n) is 7.14. The highest BCUT2D eigenvalue weighted by molar-refractivity contribution is 6.32. The Labute approximate surface area is 130 Å². The Morgan fingerprint density at radius 1 is 1.57 bits per heavy atom. The molecule has 1 aliphatic heterocycles. The fraction of sp³-hybridized carbons (Fsp3) is 0.533. The molecule has 1 saturated heterocycles. The van der Waals surface area contributed by atoms with Crippen LogP contribution in [0.5, 0.6) is 5.75 Å². The molecule has 1 aliphatic rings. The maximum atomic E-state index is 11.8. The molecule has 2 atom stereocenters. The zero-order chi connectivity index (χ0) is 15.1. The van der Waals surface area contributed by atoms with E-state index in [-0.39, 0.29) is 18.1 Å². The molecule has 0 spiro atoms. The quantitative estimate of drug-likeness (QED) is 0.838. The molecular formula is C15H21ClN2O3. The van der Waals surface area contributed by atoms with Gasteiger partial charge in [-0.1, -0.05) is 23.7 Å². The Morgan fingerprint density at radius 3 is 3.10 bits per heavy atom. The van der Waals surface area contributed by atoms with Gasteiger partial charge in [0.1, 0.15) is 11.9 Å². The van der Waals surface area contributed by atoms with Gasteiger partial charge in [-0.05, 0) is 19.1 Å². The molecule has 1 heterocycles. The fourth-order valence-electron chi connectivity index (χ4n) is 2.10. The molecular weight excluding hydrogens is 292 g/mol. The van der Waals surface area contributed by atoms with E-state index in [1.165, 1.54) is 0 Å². The molecule has 0 aliphatic carbocycles. The second-order valence-corrected chi connectivity index (χ2v) is 5.50. The van der Waals surface area contributed by atoms with Crippen LogP contribution in [-0.4, -0.2) is 44.4 Å². The SMILES string of the molecule is CC(CNC(=O)CC1COCCN1)Oc1ccccc1Cl. The van der Waals surface area contributed by atoms with E-state index in [0.29, 0.717) is 37.0 Å². The number of rotatable bonds is 6. The molecule has 1 aromatic carbocycles. The van der Waals surface area contributed by atoms with Crippen LogP contribution < -0.4 is 15.4 Å². The third-order valence-electron chi connectivity index (χ3n) is 3.18. The average molecular weight is 313 g/mol. The van der Waals surface area contributed by atoms with E-state index < -0.39 is 0 Å². The number of amides is 1. The molecule has 0 saturated carbocycles. The summed E-state index contributed by atoms with van der Waals surface area (Å²) >= 11 is 6.03. The van der Waals surface area contributed by atoms with Gasteiger partial charge in [-0.15, -0.1) is 0 Å². The predicted molar refractivity (Wildman–Crippen MR) is 81.8 cm³/mol. The Hall–Kier alpha value is -1.30. The number of benzene rings is 1. The topological polar surface area (TPSA) is 59.6 Å². The summed E-state index contributed by atoms with van der Waals surface area (Å²) < 4.78 is 11.0. The predicted octanol–water partition coefficient (Wildman–Crippen LogP) is 1.60. The fourth-order valence-corrected chi connectivity index (χ4v) is 2.28. The van der Waals surface area contributed by atoms with Crippen molar-refractivity contribution in [1.29, 1.82) is 0 Å². The summed E-state index contributed by atoms with van der Waals surface area (Å²) in [5.74, 6) is 0.621. The van der Waals surface area contributed by atoms with Crippen LogP contribution >= 0.6 is 11.6 Å². The van der Waals surface area contributed by atoms with E-state index >= 15 is 0 Å². The first kappa shape index (κ1) is 16.1. The number of nitrogens with one attached hydrogen (secondary N) is 2. The summed E-state index contributed by atoms with van der Waals surface area (Å²) in [4.78, 5) is 11.8. The zero-order valence-electron chi connectivity index (χ0n) is 12.1. The molecule has 0 bridgehead atoms. The number of carbonyl (C=O) groups excluding carboxylic acids is 1. The molecule has 1 amide bonds. The highest BCUT2D eigenvalue weighted by Crippen LogP contribution is 2.23. The minimum absolute atomic E-state index is 0.00684. The van der Waals surface area contributed by atoms with Gasteiger partial charge in [0.2, 0.25) is 5.91 Å². The molecule has 1 fully saturated rings. The summed E-state index contributed by atoms with van der Waals surface area (Å²) in [7, 11) is 0. The summed E-state index contributed by atoms with van der Waals surface area (Å²) in [6.07, 6.45) is 0.267. The van der Waals surface area contributed by atoms with Crippen molar-refractivity contribution in [3.05, 3.63) is 29.3 Å². The maximum absolute atomic E-state index is 11.8. The molecule has 2 rings (SSSR count). The third-order valence-corrected chi connectivity index (χ3v) is 3.49. The van der Waals surface area contributed by atoms with Gasteiger partial charge in [0.15, 0.2) is 0 Å². The lowest BCUT2D eigenvalue weighted by molar-refractivity contribution is -0.122. The van der Waals surface area contributed by atoms with Gasteiger partial charge in [0.25, 0.3) is 0 Å². The van der Waals surface area contributed by atoms with E-state index in [4.69, 9.17) is 21.1 Å². The highest BCUT2D eigenvalue weighted by atomic mass is 35.5. The Bertz CT molecular complexity index is 464. The van der Waals surface area contributed by atoms with Gasteiger partial charge in [0, 0.05) is 19.0 Å². The van der Waals surface area contributed by atoms with Crippen molar-refractivity contribution in [2.24, 2.45) is 0 Å². The summed E-state index contributed by atoms with van der Waals surface area (Å²) in [5, 5.41) is 6.69. The van der Waals surface area contributed by atoms with Crippen LogP contribution in [0.4, 0.5) is 0 Å². The first-order valence-corrected chi connectivity index (χ1v) is 7.52. The van der Waals surface area contributed by atoms with Crippen LogP contribution in [0.15, 0.2) is 24.3 Å². The summed E-state index contributed by atoms with van der Waals surface area (Å²) in [5.41, 5.74) is 0.